The summed E-state index contributed by atoms with van der Waals surface area (Å²) in [6.07, 6.45) is 1.40. The van der Waals surface area contributed by atoms with E-state index in [-0.39, 0.29) is 22.0 Å². The van der Waals surface area contributed by atoms with E-state index in [1.165, 1.54) is 30.5 Å². The molecule has 0 unspecified atom stereocenters. The van der Waals surface area contributed by atoms with Crippen molar-refractivity contribution in [3.63, 3.8) is 0 Å². The molecule has 0 aliphatic rings. The molecule has 6 nitrogen and oxygen atoms in total. The van der Waals surface area contributed by atoms with Gasteiger partial charge in [0.15, 0.2) is 5.84 Å². The summed E-state index contributed by atoms with van der Waals surface area (Å²) in [6.45, 7) is 0. The number of amidine groups is 1. The maximum absolute atomic E-state index is 13.1. The lowest BCUT2D eigenvalue weighted by Crippen LogP contribution is -2.15. The molecule has 0 aliphatic carbocycles. The van der Waals surface area contributed by atoms with Crippen LogP contribution in [-0.2, 0) is 0 Å². The second-order valence-electron chi connectivity index (χ2n) is 3.39. The smallest absolute Gasteiger partial charge is 0.322 e. The van der Waals surface area contributed by atoms with Gasteiger partial charge in [0, 0.05) is 6.20 Å². The van der Waals surface area contributed by atoms with Gasteiger partial charge in [-0.05, 0) is 40.2 Å². The molecule has 1 heterocycles. The van der Waals surface area contributed by atoms with Crippen LogP contribution in [0.5, 0.6) is 11.8 Å². The van der Waals surface area contributed by atoms with Gasteiger partial charge >= 0.3 is 6.01 Å². The van der Waals surface area contributed by atoms with Gasteiger partial charge in [0.25, 0.3) is 0 Å². The zero-order valence-electron chi connectivity index (χ0n) is 9.42. The largest absolute Gasteiger partial charge is 0.424 e. The van der Waals surface area contributed by atoms with Crippen molar-refractivity contribution in [1.29, 1.82) is 0 Å². The summed E-state index contributed by atoms with van der Waals surface area (Å²) >= 11 is 3.04. The van der Waals surface area contributed by atoms with E-state index in [2.05, 4.69) is 31.1 Å². The number of nitrogens with zero attached hydrogens (tertiary/aromatic N) is 3. The molecule has 0 saturated heterocycles. The van der Waals surface area contributed by atoms with Gasteiger partial charge in [-0.3, -0.25) is 0 Å². The number of rotatable bonds is 3. The van der Waals surface area contributed by atoms with Crippen LogP contribution in [0.2, 0.25) is 0 Å². The van der Waals surface area contributed by atoms with Crippen molar-refractivity contribution >= 4 is 21.8 Å². The Bertz CT molecular complexity index is 636. The minimum atomic E-state index is -0.404. The van der Waals surface area contributed by atoms with Crippen molar-refractivity contribution in [2.24, 2.45) is 10.9 Å². The molecular formula is C11H8BrFN4O2. The summed E-state index contributed by atoms with van der Waals surface area (Å²) in [7, 11) is 0. The maximum Gasteiger partial charge on any atom is 0.322 e. The van der Waals surface area contributed by atoms with E-state index in [1.807, 2.05) is 0 Å². The molecule has 0 aliphatic heterocycles. The standard InChI is InChI=1S/C11H8BrFN4O2/c12-7-5-6(1-2-8(7)13)19-11-15-4-3-9(16-11)10(14)17-18/h1-5,18H,(H2,14,17). The summed E-state index contributed by atoms with van der Waals surface area (Å²) in [4.78, 5) is 7.80. The van der Waals surface area contributed by atoms with Crippen molar-refractivity contribution < 1.29 is 14.3 Å². The topological polar surface area (TPSA) is 93.6 Å². The molecule has 1 aromatic heterocycles. The van der Waals surface area contributed by atoms with Gasteiger partial charge in [0.1, 0.15) is 17.3 Å². The van der Waals surface area contributed by atoms with Crippen molar-refractivity contribution in [1.82, 2.24) is 9.97 Å². The lowest BCUT2D eigenvalue weighted by Gasteiger charge is -2.05. The number of nitrogens with two attached hydrogens (primary N) is 1. The predicted octanol–water partition coefficient (Wildman–Crippen LogP) is 2.26. The number of oxime groups is 1. The average molecular weight is 327 g/mol. The Kier molecular flexibility index (Phi) is 3.91. The van der Waals surface area contributed by atoms with E-state index < -0.39 is 5.82 Å². The third-order valence-electron chi connectivity index (χ3n) is 2.10. The van der Waals surface area contributed by atoms with E-state index in [0.717, 1.165) is 0 Å². The fraction of sp³-hybridized carbons (Fsp3) is 0. The van der Waals surface area contributed by atoms with Gasteiger partial charge in [-0.15, -0.1) is 0 Å². The molecule has 0 bridgehead atoms. The number of aromatic nitrogens is 2. The first kappa shape index (κ1) is 13.2. The van der Waals surface area contributed by atoms with Crippen LogP contribution in [0.25, 0.3) is 0 Å². The van der Waals surface area contributed by atoms with Crippen molar-refractivity contribution in [2.45, 2.75) is 0 Å². The van der Waals surface area contributed by atoms with Crippen LogP contribution in [0.1, 0.15) is 5.69 Å². The van der Waals surface area contributed by atoms with Crippen LogP contribution in [-0.4, -0.2) is 21.0 Å². The molecule has 98 valence electrons. The minimum Gasteiger partial charge on any atom is -0.424 e. The van der Waals surface area contributed by atoms with E-state index in [9.17, 15) is 4.39 Å². The van der Waals surface area contributed by atoms with Crippen LogP contribution in [0.4, 0.5) is 4.39 Å². The Hall–Kier alpha value is -2.22. The lowest BCUT2D eigenvalue weighted by atomic mass is 10.3. The molecule has 0 spiro atoms. The molecular weight excluding hydrogens is 319 g/mol. The van der Waals surface area contributed by atoms with Gasteiger partial charge < -0.3 is 15.7 Å². The number of hydrogen-bond donors (Lipinski definition) is 2. The third-order valence-corrected chi connectivity index (χ3v) is 2.71. The van der Waals surface area contributed by atoms with Gasteiger partial charge in [0.05, 0.1) is 4.47 Å². The fourth-order valence-electron chi connectivity index (χ4n) is 1.23. The van der Waals surface area contributed by atoms with Gasteiger partial charge in [-0.1, -0.05) is 5.16 Å². The second-order valence-corrected chi connectivity index (χ2v) is 4.24. The maximum atomic E-state index is 13.1. The summed E-state index contributed by atoms with van der Waals surface area (Å²) in [5, 5.41) is 11.4. The molecule has 0 radical (unpaired) electrons. The van der Waals surface area contributed by atoms with Gasteiger partial charge in [-0.25, -0.2) is 9.37 Å². The zero-order chi connectivity index (χ0) is 13.8. The van der Waals surface area contributed by atoms with E-state index in [0.29, 0.717) is 5.75 Å². The predicted molar refractivity (Wildman–Crippen MR) is 68.7 cm³/mol. The van der Waals surface area contributed by atoms with E-state index in [1.54, 1.807) is 0 Å². The van der Waals surface area contributed by atoms with Crippen LogP contribution in [0, 0.1) is 5.82 Å². The lowest BCUT2D eigenvalue weighted by molar-refractivity contribution is 0.318. The Morgan fingerprint density at radius 2 is 2.21 bits per heavy atom. The number of halogens is 2. The molecule has 0 fully saturated rings. The van der Waals surface area contributed by atoms with E-state index >= 15 is 0 Å². The minimum absolute atomic E-state index is 0.00241. The molecule has 0 atom stereocenters. The van der Waals surface area contributed by atoms with Crippen LogP contribution in [0.3, 0.4) is 0 Å². The molecule has 1 aromatic carbocycles. The fourth-order valence-corrected chi connectivity index (χ4v) is 1.59. The molecule has 3 N–H and O–H groups in total. The zero-order valence-corrected chi connectivity index (χ0v) is 11.0. The number of hydrogen-bond acceptors (Lipinski definition) is 5. The number of ether oxygens (including phenoxy) is 1. The van der Waals surface area contributed by atoms with Crippen LogP contribution < -0.4 is 10.5 Å². The van der Waals surface area contributed by atoms with Crippen molar-refractivity contribution in [3.05, 3.63) is 46.4 Å². The first-order chi connectivity index (χ1) is 9.10. The number of benzene rings is 1. The van der Waals surface area contributed by atoms with Gasteiger partial charge in [-0.2, -0.15) is 4.98 Å². The first-order valence-corrected chi connectivity index (χ1v) is 5.83. The SMILES string of the molecule is N/C(=N/O)c1ccnc(Oc2ccc(F)c(Br)c2)n1. The van der Waals surface area contributed by atoms with Gasteiger partial charge in [0.2, 0.25) is 0 Å². The highest BCUT2D eigenvalue weighted by atomic mass is 79.9. The van der Waals surface area contributed by atoms with Crippen molar-refractivity contribution in [2.75, 3.05) is 0 Å². The van der Waals surface area contributed by atoms with E-state index in [4.69, 9.17) is 15.7 Å². The molecule has 8 heteroatoms. The van der Waals surface area contributed by atoms with Crippen LogP contribution >= 0.6 is 15.9 Å². The molecule has 2 rings (SSSR count). The molecule has 19 heavy (non-hydrogen) atoms. The highest BCUT2D eigenvalue weighted by Gasteiger charge is 2.07. The highest BCUT2D eigenvalue weighted by molar-refractivity contribution is 9.10. The Morgan fingerprint density at radius 3 is 2.89 bits per heavy atom. The molecule has 0 saturated carbocycles. The van der Waals surface area contributed by atoms with Crippen molar-refractivity contribution in [3.8, 4) is 11.8 Å². The quantitative estimate of drug-likeness (QED) is 0.390. The summed E-state index contributed by atoms with van der Waals surface area (Å²) in [5.74, 6) is -0.212. The first-order valence-electron chi connectivity index (χ1n) is 5.04. The Labute approximate surface area is 115 Å². The molecule has 2 aromatic rings. The second kappa shape index (κ2) is 5.61. The Morgan fingerprint density at radius 1 is 1.42 bits per heavy atom. The normalized spacial score (nSPS) is 11.4. The monoisotopic (exact) mass is 326 g/mol. The molecule has 0 amide bonds. The van der Waals surface area contributed by atoms with Crippen LogP contribution in [0.15, 0.2) is 40.1 Å². The summed E-state index contributed by atoms with van der Waals surface area (Å²) < 4.78 is 18.7. The summed E-state index contributed by atoms with van der Waals surface area (Å²) in [6, 6.07) is 5.58. The summed E-state index contributed by atoms with van der Waals surface area (Å²) in [5.41, 5.74) is 5.61. The third kappa shape index (κ3) is 3.16. The highest BCUT2D eigenvalue weighted by Crippen LogP contribution is 2.24. The average Bonchev–Trinajstić information content (AvgIpc) is 2.42. The Balaban J connectivity index is 2.26.